The molecule has 0 bridgehead atoms. The highest BCUT2D eigenvalue weighted by atomic mass is 32.2. The highest BCUT2D eigenvalue weighted by molar-refractivity contribution is 8.00. The van der Waals surface area contributed by atoms with Crippen LogP contribution in [0.4, 0.5) is 0 Å². The van der Waals surface area contributed by atoms with Gasteiger partial charge in [0, 0.05) is 5.92 Å². The number of aliphatic carboxylic acids is 1. The molecule has 6 heteroatoms. The number of benzene rings is 2. The lowest BCUT2D eigenvalue weighted by atomic mass is 9.77. The molecule has 5 nitrogen and oxygen atoms in total. The highest BCUT2D eigenvalue weighted by Crippen LogP contribution is 2.44. The van der Waals surface area contributed by atoms with Crippen molar-refractivity contribution in [1.82, 2.24) is 5.01 Å². The molecule has 0 spiro atoms. The van der Waals surface area contributed by atoms with Crippen LogP contribution in [0.15, 0.2) is 71.3 Å². The third-order valence-corrected chi connectivity index (χ3v) is 6.39. The first kappa shape index (κ1) is 20.4. The molecule has 0 unspecified atom stereocenters. The Balaban J connectivity index is 1.66. The van der Waals surface area contributed by atoms with Gasteiger partial charge in [-0.1, -0.05) is 60.7 Å². The van der Waals surface area contributed by atoms with Gasteiger partial charge in [-0.15, -0.1) is 11.8 Å². The molecule has 1 aliphatic carbocycles. The first-order valence-electron chi connectivity index (χ1n) is 10.1. The molecule has 2 aromatic carbocycles. The fourth-order valence-corrected chi connectivity index (χ4v) is 4.82. The SMILES string of the molecule is O=C(O)CSCC(=O)N1N=C2/C(=C/c3ccccc3)CCC[C@H]2[C@@H]1c1ccccc1. The molecular weight excluding hydrogens is 396 g/mol. The van der Waals surface area contributed by atoms with Crippen molar-refractivity contribution in [3.8, 4) is 0 Å². The molecule has 1 fully saturated rings. The minimum Gasteiger partial charge on any atom is -0.481 e. The molecule has 1 heterocycles. The van der Waals surface area contributed by atoms with E-state index in [9.17, 15) is 9.59 Å². The first-order chi connectivity index (χ1) is 14.6. The van der Waals surface area contributed by atoms with Crippen molar-refractivity contribution < 1.29 is 14.7 Å². The number of carbonyl (C=O) groups excluding carboxylic acids is 1. The number of allylic oxidation sites excluding steroid dienone is 1. The van der Waals surface area contributed by atoms with E-state index in [1.54, 1.807) is 5.01 Å². The Labute approximate surface area is 180 Å². The lowest BCUT2D eigenvalue weighted by molar-refractivity contribution is -0.133. The second-order valence-electron chi connectivity index (χ2n) is 7.54. The molecule has 1 aliphatic heterocycles. The van der Waals surface area contributed by atoms with E-state index in [1.165, 1.54) is 5.57 Å². The smallest absolute Gasteiger partial charge is 0.313 e. The number of fused-ring (bicyclic) bond motifs is 1. The molecule has 154 valence electrons. The highest BCUT2D eigenvalue weighted by Gasteiger charge is 2.43. The molecule has 1 N–H and O–H groups in total. The second-order valence-corrected chi connectivity index (χ2v) is 8.53. The fraction of sp³-hybridized carbons (Fsp3) is 0.292. The molecule has 0 aromatic heterocycles. The molecule has 1 saturated carbocycles. The largest absolute Gasteiger partial charge is 0.481 e. The summed E-state index contributed by atoms with van der Waals surface area (Å²) in [5.74, 6) is -0.881. The maximum atomic E-state index is 13.0. The average molecular weight is 421 g/mol. The van der Waals surface area contributed by atoms with Gasteiger partial charge in [-0.3, -0.25) is 9.59 Å². The summed E-state index contributed by atoms with van der Waals surface area (Å²) in [5, 5.41) is 15.3. The van der Waals surface area contributed by atoms with Crippen LogP contribution in [0.3, 0.4) is 0 Å². The third-order valence-electron chi connectivity index (χ3n) is 5.49. The van der Waals surface area contributed by atoms with Gasteiger partial charge in [0.05, 0.1) is 23.3 Å². The number of hydrogen-bond acceptors (Lipinski definition) is 4. The third kappa shape index (κ3) is 4.49. The van der Waals surface area contributed by atoms with Crippen LogP contribution in [0, 0.1) is 5.92 Å². The summed E-state index contributed by atoms with van der Waals surface area (Å²) >= 11 is 1.12. The topological polar surface area (TPSA) is 70.0 Å². The Kier molecular flexibility index (Phi) is 6.33. The predicted molar refractivity (Wildman–Crippen MR) is 120 cm³/mol. The van der Waals surface area contributed by atoms with Crippen LogP contribution < -0.4 is 0 Å². The first-order valence-corrected chi connectivity index (χ1v) is 11.3. The number of hydrazone groups is 1. The summed E-state index contributed by atoms with van der Waals surface area (Å²) < 4.78 is 0. The number of thioether (sulfide) groups is 1. The molecule has 0 radical (unpaired) electrons. The van der Waals surface area contributed by atoms with Crippen LogP contribution in [-0.4, -0.2) is 39.2 Å². The van der Waals surface area contributed by atoms with E-state index < -0.39 is 5.97 Å². The second kappa shape index (κ2) is 9.30. The minimum atomic E-state index is -0.915. The maximum Gasteiger partial charge on any atom is 0.313 e. The molecular formula is C24H24N2O3S. The summed E-state index contributed by atoms with van der Waals surface area (Å²) in [6.45, 7) is 0. The van der Waals surface area contributed by atoms with Gasteiger partial charge in [-0.2, -0.15) is 5.10 Å². The summed E-state index contributed by atoms with van der Waals surface area (Å²) in [6, 6.07) is 20.1. The van der Waals surface area contributed by atoms with E-state index in [1.807, 2.05) is 48.5 Å². The van der Waals surface area contributed by atoms with E-state index in [4.69, 9.17) is 10.2 Å². The number of rotatable bonds is 6. The van der Waals surface area contributed by atoms with Crippen molar-refractivity contribution in [2.75, 3.05) is 11.5 Å². The monoisotopic (exact) mass is 420 g/mol. The number of nitrogens with zero attached hydrogens (tertiary/aromatic N) is 2. The van der Waals surface area contributed by atoms with Crippen molar-refractivity contribution in [2.24, 2.45) is 11.0 Å². The number of carboxylic acid groups (broad SMARTS) is 1. The zero-order valence-electron chi connectivity index (χ0n) is 16.6. The van der Waals surface area contributed by atoms with E-state index in [2.05, 4.69) is 18.2 Å². The average Bonchev–Trinajstić information content (AvgIpc) is 3.15. The van der Waals surface area contributed by atoms with Gasteiger partial charge in [0.1, 0.15) is 0 Å². The van der Waals surface area contributed by atoms with Crippen molar-refractivity contribution in [1.29, 1.82) is 0 Å². The van der Waals surface area contributed by atoms with E-state index in [0.717, 1.165) is 47.9 Å². The van der Waals surface area contributed by atoms with E-state index >= 15 is 0 Å². The van der Waals surface area contributed by atoms with Gasteiger partial charge >= 0.3 is 5.97 Å². The van der Waals surface area contributed by atoms with Gasteiger partial charge in [0.2, 0.25) is 0 Å². The van der Waals surface area contributed by atoms with Gasteiger partial charge < -0.3 is 5.11 Å². The molecule has 2 aliphatic rings. The Morgan fingerprint density at radius 3 is 2.47 bits per heavy atom. The molecule has 0 saturated heterocycles. The summed E-state index contributed by atoms with van der Waals surface area (Å²) in [7, 11) is 0. The number of carboxylic acids is 1. The van der Waals surface area contributed by atoms with Gasteiger partial charge in [-0.25, -0.2) is 5.01 Å². The molecule has 1 amide bonds. The summed E-state index contributed by atoms with van der Waals surface area (Å²) in [5.41, 5.74) is 4.38. The Bertz CT molecular complexity index is 972. The van der Waals surface area contributed by atoms with Crippen molar-refractivity contribution >= 4 is 35.4 Å². The van der Waals surface area contributed by atoms with Gasteiger partial charge in [-0.05, 0) is 42.0 Å². The predicted octanol–water partition coefficient (Wildman–Crippen LogP) is 4.63. The summed E-state index contributed by atoms with van der Waals surface area (Å²) in [4.78, 5) is 23.8. The molecule has 4 rings (SSSR count). The quantitative estimate of drug-likeness (QED) is 0.740. The van der Waals surface area contributed by atoms with Gasteiger partial charge in [0.25, 0.3) is 5.91 Å². The van der Waals surface area contributed by atoms with Crippen molar-refractivity contribution in [3.63, 3.8) is 0 Å². The Morgan fingerprint density at radius 1 is 1.07 bits per heavy atom. The molecule has 2 atom stereocenters. The zero-order chi connectivity index (χ0) is 20.9. The van der Waals surface area contributed by atoms with Crippen molar-refractivity contribution in [2.45, 2.75) is 25.3 Å². The number of carbonyl (C=O) groups is 2. The fourth-order valence-electron chi connectivity index (χ4n) is 4.23. The van der Waals surface area contributed by atoms with Crippen molar-refractivity contribution in [3.05, 3.63) is 77.4 Å². The van der Waals surface area contributed by atoms with E-state index in [-0.39, 0.29) is 29.4 Å². The van der Waals surface area contributed by atoms with Crippen LogP contribution in [0.2, 0.25) is 0 Å². The van der Waals surface area contributed by atoms with Crippen LogP contribution in [0.25, 0.3) is 6.08 Å². The lowest BCUT2D eigenvalue weighted by Gasteiger charge is -2.29. The lowest BCUT2D eigenvalue weighted by Crippen LogP contribution is -2.33. The molecule has 30 heavy (non-hydrogen) atoms. The normalized spacial score (nSPS) is 21.9. The van der Waals surface area contributed by atoms with Crippen LogP contribution >= 0.6 is 11.8 Å². The minimum absolute atomic E-state index is 0.0885. The zero-order valence-corrected chi connectivity index (χ0v) is 17.4. The number of amides is 1. The Morgan fingerprint density at radius 2 is 1.77 bits per heavy atom. The summed E-state index contributed by atoms with van der Waals surface area (Å²) in [6.07, 6.45) is 5.17. The van der Waals surface area contributed by atoms with Gasteiger partial charge in [0.15, 0.2) is 0 Å². The standard InChI is InChI=1S/C24H24N2O3S/c27-21(15-30-16-22(28)29)26-24(18-10-5-2-6-11-18)20-13-7-12-19(23(20)25-26)14-17-8-3-1-4-9-17/h1-6,8-11,14,20,24H,7,12-13,15-16H2,(H,28,29)/b19-14+/t20-,24+/m1/s1. The van der Waals surface area contributed by atoms with Crippen LogP contribution in [0.5, 0.6) is 0 Å². The number of hydrogen-bond donors (Lipinski definition) is 1. The maximum absolute atomic E-state index is 13.0. The molecule has 2 aromatic rings. The van der Waals surface area contributed by atoms with Crippen LogP contribution in [-0.2, 0) is 9.59 Å². The van der Waals surface area contributed by atoms with E-state index in [0.29, 0.717) is 0 Å². The Hall–Kier alpha value is -2.86. The van der Waals surface area contributed by atoms with Crippen LogP contribution in [0.1, 0.15) is 36.4 Å².